The van der Waals surface area contributed by atoms with E-state index in [0.29, 0.717) is 5.56 Å². The molecule has 0 atom stereocenters. The minimum Gasteiger partial charge on any atom is -0.273 e. The first-order valence-corrected chi connectivity index (χ1v) is 9.70. The van der Waals surface area contributed by atoms with E-state index in [4.69, 9.17) is 11.6 Å². The molecule has 0 spiro atoms. The van der Waals surface area contributed by atoms with E-state index < -0.39 is 11.2 Å². The van der Waals surface area contributed by atoms with E-state index in [-0.39, 0.29) is 17.0 Å². The number of aromatic nitrogens is 4. The smallest absolute Gasteiger partial charge is 0.273 e. The molecule has 30 heavy (non-hydrogen) atoms. The second kappa shape index (κ2) is 7.24. The van der Waals surface area contributed by atoms with Crippen LogP contribution in [0.2, 0.25) is 5.28 Å². The van der Waals surface area contributed by atoms with E-state index in [1.165, 1.54) is 10.8 Å². The molecule has 0 radical (unpaired) electrons. The minimum atomic E-state index is -0.591. The van der Waals surface area contributed by atoms with Crippen molar-refractivity contribution in [1.29, 1.82) is 0 Å². The SMILES string of the molecule is O=c1[nH]c(=O)n(-c2ccnc(Cl)n2)cc1C1c2ccccc2C=Cc2ccccc21. The number of H-pyrrole nitrogens is 1. The predicted molar refractivity (Wildman–Crippen MR) is 116 cm³/mol. The number of fused-ring (bicyclic) bond motifs is 2. The normalized spacial score (nSPS) is 12.8. The Morgan fingerprint density at radius 3 is 2.13 bits per heavy atom. The van der Waals surface area contributed by atoms with Gasteiger partial charge in [-0.1, -0.05) is 60.7 Å². The number of hydrogen-bond acceptors (Lipinski definition) is 4. The first kappa shape index (κ1) is 18.3. The van der Waals surface area contributed by atoms with E-state index in [1.807, 2.05) is 60.7 Å². The van der Waals surface area contributed by atoms with Gasteiger partial charge < -0.3 is 0 Å². The van der Waals surface area contributed by atoms with Gasteiger partial charge in [0, 0.05) is 23.9 Å². The second-order valence-corrected chi connectivity index (χ2v) is 7.26. The van der Waals surface area contributed by atoms with Crippen LogP contribution in [0.15, 0.2) is 76.6 Å². The lowest BCUT2D eigenvalue weighted by atomic mass is 9.83. The van der Waals surface area contributed by atoms with Crippen LogP contribution in [-0.2, 0) is 0 Å². The summed E-state index contributed by atoms with van der Waals surface area (Å²) in [5.74, 6) is -0.0777. The van der Waals surface area contributed by atoms with Crippen molar-refractivity contribution in [3.8, 4) is 5.82 Å². The quantitative estimate of drug-likeness (QED) is 0.447. The van der Waals surface area contributed by atoms with E-state index in [0.717, 1.165) is 22.3 Å². The van der Waals surface area contributed by atoms with Crippen molar-refractivity contribution in [2.45, 2.75) is 5.92 Å². The highest BCUT2D eigenvalue weighted by molar-refractivity contribution is 6.28. The fourth-order valence-electron chi connectivity index (χ4n) is 3.86. The van der Waals surface area contributed by atoms with Crippen LogP contribution < -0.4 is 11.2 Å². The van der Waals surface area contributed by atoms with Crippen LogP contribution in [0.1, 0.15) is 33.7 Å². The van der Waals surface area contributed by atoms with Crippen molar-refractivity contribution in [2.24, 2.45) is 0 Å². The van der Waals surface area contributed by atoms with Crippen molar-refractivity contribution in [1.82, 2.24) is 19.5 Å². The van der Waals surface area contributed by atoms with Crippen molar-refractivity contribution >= 4 is 23.8 Å². The molecule has 1 aliphatic rings. The monoisotopic (exact) mass is 414 g/mol. The van der Waals surface area contributed by atoms with E-state index >= 15 is 0 Å². The maximum Gasteiger partial charge on any atom is 0.334 e. The Balaban J connectivity index is 1.81. The molecule has 5 rings (SSSR count). The maximum atomic E-state index is 13.0. The number of halogens is 1. The molecule has 0 aliphatic heterocycles. The molecule has 0 fully saturated rings. The molecule has 146 valence electrons. The highest BCUT2D eigenvalue weighted by Crippen LogP contribution is 2.37. The van der Waals surface area contributed by atoms with Gasteiger partial charge in [-0.2, -0.15) is 4.98 Å². The number of nitrogens with one attached hydrogen (secondary N) is 1. The van der Waals surface area contributed by atoms with Gasteiger partial charge in [-0.25, -0.2) is 9.78 Å². The van der Waals surface area contributed by atoms with Crippen molar-refractivity contribution in [3.63, 3.8) is 0 Å². The van der Waals surface area contributed by atoms with Gasteiger partial charge in [0.2, 0.25) is 5.28 Å². The summed E-state index contributed by atoms with van der Waals surface area (Å²) in [6.45, 7) is 0. The molecule has 0 amide bonds. The van der Waals surface area contributed by atoms with Crippen LogP contribution in [0.4, 0.5) is 0 Å². The molecule has 6 nitrogen and oxygen atoms in total. The van der Waals surface area contributed by atoms with Crippen LogP contribution in [0.25, 0.3) is 18.0 Å². The average molecular weight is 415 g/mol. The minimum absolute atomic E-state index is 0.0153. The third-order valence-electron chi connectivity index (χ3n) is 5.20. The number of benzene rings is 2. The number of rotatable bonds is 2. The molecule has 2 aromatic heterocycles. The number of nitrogens with zero attached hydrogens (tertiary/aromatic N) is 3. The molecule has 7 heteroatoms. The molecule has 2 heterocycles. The lowest BCUT2D eigenvalue weighted by molar-refractivity contribution is 0.812. The summed E-state index contributed by atoms with van der Waals surface area (Å²) < 4.78 is 1.29. The largest absolute Gasteiger partial charge is 0.334 e. The topological polar surface area (TPSA) is 80.6 Å². The van der Waals surface area contributed by atoms with Crippen LogP contribution in [-0.4, -0.2) is 19.5 Å². The summed E-state index contributed by atoms with van der Waals surface area (Å²) in [5, 5.41) is 0.0153. The summed E-state index contributed by atoms with van der Waals surface area (Å²) in [4.78, 5) is 35.9. The van der Waals surface area contributed by atoms with Gasteiger partial charge >= 0.3 is 5.69 Å². The van der Waals surface area contributed by atoms with E-state index in [2.05, 4.69) is 15.0 Å². The number of hydrogen-bond donors (Lipinski definition) is 1. The highest BCUT2D eigenvalue weighted by atomic mass is 35.5. The third-order valence-corrected chi connectivity index (χ3v) is 5.38. The van der Waals surface area contributed by atoms with Crippen LogP contribution in [0.5, 0.6) is 0 Å². The summed E-state index contributed by atoms with van der Waals surface area (Å²) >= 11 is 5.90. The van der Waals surface area contributed by atoms with Gasteiger partial charge in [0.05, 0.1) is 0 Å². The molecular weight excluding hydrogens is 400 g/mol. The Hall–Kier alpha value is -3.77. The first-order valence-electron chi connectivity index (χ1n) is 9.32. The summed E-state index contributed by atoms with van der Waals surface area (Å²) in [6.07, 6.45) is 7.09. The molecule has 0 unspecified atom stereocenters. The van der Waals surface area contributed by atoms with Crippen LogP contribution in [0.3, 0.4) is 0 Å². The van der Waals surface area contributed by atoms with Crippen molar-refractivity contribution < 1.29 is 0 Å². The Morgan fingerprint density at radius 1 is 0.867 bits per heavy atom. The molecule has 1 aliphatic carbocycles. The summed E-state index contributed by atoms with van der Waals surface area (Å²) in [6, 6.07) is 17.4. The van der Waals surface area contributed by atoms with Crippen LogP contribution in [0, 0.1) is 0 Å². The first-order chi connectivity index (χ1) is 14.6. The Kier molecular flexibility index (Phi) is 4.41. The zero-order chi connectivity index (χ0) is 20.7. The summed E-state index contributed by atoms with van der Waals surface area (Å²) in [5.41, 5.74) is 3.40. The standard InChI is InChI=1S/C23H15ClN4O2/c24-22-25-12-11-19(26-22)28-13-18(21(29)27-23(28)30)20-16-7-3-1-5-14(16)9-10-15-6-2-4-8-17(15)20/h1-13,20H,(H,27,29,30). The van der Waals surface area contributed by atoms with Gasteiger partial charge in [0.1, 0.15) is 5.82 Å². The van der Waals surface area contributed by atoms with Gasteiger partial charge in [0.15, 0.2) is 0 Å². The molecule has 4 aromatic rings. The lowest BCUT2D eigenvalue weighted by Crippen LogP contribution is -2.33. The Labute approximate surface area is 176 Å². The fourth-order valence-corrected chi connectivity index (χ4v) is 4.00. The average Bonchev–Trinajstić information content (AvgIpc) is 2.91. The zero-order valence-electron chi connectivity index (χ0n) is 15.6. The predicted octanol–water partition coefficient (Wildman–Crippen LogP) is 3.63. The molecule has 2 aromatic carbocycles. The fraction of sp³-hybridized carbons (Fsp3) is 0.0435. The van der Waals surface area contributed by atoms with Gasteiger partial charge in [-0.3, -0.25) is 14.3 Å². The Morgan fingerprint density at radius 2 is 1.50 bits per heavy atom. The number of aromatic amines is 1. The molecule has 0 bridgehead atoms. The van der Waals surface area contributed by atoms with E-state index in [9.17, 15) is 9.59 Å². The maximum absolute atomic E-state index is 13.0. The van der Waals surface area contributed by atoms with Gasteiger partial charge in [0.25, 0.3) is 5.56 Å². The Bertz CT molecular complexity index is 1370. The van der Waals surface area contributed by atoms with Crippen molar-refractivity contribution in [3.05, 3.63) is 121 Å². The lowest BCUT2D eigenvalue weighted by Gasteiger charge is -2.21. The highest BCUT2D eigenvalue weighted by Gasteiger charge is 2.26. The third kappa shape index (κ3) is 3.07. The molecule has 0 saturated carbocycles. The molecule has 0 saturated heterocycles. The van der Waals surface area contributed by atoms with Gasteiger partial charge in [-0.15, -0.1) is 0 Å². The second-order valence-electron chi connectivity index (χ2n) is 6.92. The van der Waals surface area contributed by atoms with Crippen molar-refractivity contribution in [2.75, 3.05) is 0 Å². The summed E-state index contributed by atoms with van der Waals surface area (Å²) in [7, 11) is 0. The molecule has 1 N–H and O–H groups in total. The van der Waals surface area contributed by atoms with E-state index in [1.54, 1.807) is 12.3 Å². The zero-order valence-corrected chi connectivity index (χ0v) is 16.4. The van der Waals surface area contributed by atoms with Gasteiger partial charge in [-0.05, 0) is 39.9 Å². The van der Waals surface area contributed by atoms with Crippen LogP contribution >= 0.6 is 11.6 Å². The molecular formula is C23H15ClN4O2.